The Morgan fingerprint density at radius 1 is 1.00 bits per heavy atom. The third-order valence-electron chi connectivity index (χ3n) is 4.45. The van der Waals surface area contributed by atoms with E-state index in [0.29, 0.717) is 12.0 Å². The van der Waals surface area contributed by atoms with Crippen molar-refractivity contribution in [3.8, 4) is 0 Å². The minimum Gasteiger partial charge on any atom is -0.376 e. The first-order valence-corrected chi connectivity index (χ1v) is 8.10. The highest BCUT2D eigenvalue weighted by atomic mass is 16.5. The summed E-state index contributed by atoms with van der Waals surface area (Å²) in [5.74, 6) is 1.46. The largest absolute Gasteiger partial charge is 0.376 e. The molecule has 1 atom stereocenters. The Hall–Kier alpha value is -0.0800. The van der Waals surface area contributed by atoms with E-state index in [2.05, 4.69) is 19.2 Å². The van der Waals surface area contributed by atoms with E-state index >= 15 is 0 Å². The van der Waals surface area contributed by atoms with E-state index in [0.717, 1.165) is 25.1 Å². The van der Waals surface area contributed by atoms with Crippen LogP contribution >= 0.6 is 0 Å². The van der Waals surface area contributed by atoms with Crippen LogP contribution in [0.15, 0.2) is 0 Å². The van der Waals surface area contributed by atoms with Gasteiger partial charge in [0.1, 0.15) is 0 Å². The average Bonchev–Trinajstić information content (AvgIpc) is 3.15. The molecule has 0 amide bonds. The van der Waals surface area contributed by atoms with E-state index in [1.807, 2.05) is 0 Å². The zero-order valence-corrected chi connectivity index (χ0v) is 12.3. The van der Waals surface area contributed by atoms with Crippen molar-refractivity contribution in [2.24, 2.45) is 11.8 Å². The molecule has 0 aromatic heterocycles. The molecule has 2 aliphatic carbocycles. The van der Waals surface area contributed by atoms with Gasteiger partial charge < -0.3 is 10.1 Å². The van der Waals surface area contributed by atoms with Crippen molar-refractivity contribution in [3.05, 3.63) is 0 Å². The molecule has 0 spiro atoms. The molecule has 0 aromatic carbocycles. The maximum absolute atomic E-state index is 6.21. The van der Waals surface area contributed by atoms with Gasteiger partial charge in [-0.1, -0.05) is 39.5 Å². The maximum Gasteiger partial charge on any atom is 0.0722 e. The van der Waals surface area contributed by atoms with Crippen molar-refractivity contribution in [2.45, 2.75) is 77.4 Å². The fourth-order valence-corrected chi connectivity index (χ4v) is 2.85. The smallest absolute Gasteiger partial charge is 0.0722 e. The first-order valence-electron chi connectivity index (χ1n) is 8.10. The summed E-state index contributed by atoms with van der Waals surface area (Å²) in [5, 5.41) is 3.61. The second-order valence-electron chi connectivity index (χ2n) is 6.66. The molecule has 2 fully saturated rings. The molecule has 1 N–H and O–H groups in total. The Balaban J connectivity index is 1.66. The van der Waals surface area contributed by atoms with E-state index in [9.17, 15) is 0 Å². The molecule has 0 aliphatic heterocycles. The van der Waals surface area contributed by atoms with Gasteiger partial charge in [-0.15, -0.1) is 0 Å². The van der Waals surface area contributed by atoms with Crippen LogP contribution in [0.5, 0.6) is 0 Å². The van der Waals surface area contributed by atoms with E-state index in [4.69, 9.17) is 4.74 Å². The third kappa shape index (κ3) is 5.27. The molecular weight excluding hydrogens is 222 g/mol. The molecule has 2 rings (SSSR count). The molecule has 0 heterocycles. The highest BCUT2D eigenvalue weighted by molar-refractivity contribution is 4.82. The lowest BCUT2D eigenvalue weighted by atomic mass is 10.0. The van der Waals surface area contributed by atoms with Crippen LogP contribution in [-0.4, -0.2) is 25.3 Å². The van der Waals surface area contributed by atoms with E-state index < -0.39 is 0 Å². The summed E-state index contributed by atoms with van der Waals surface area (Å²) in [6.07, 6.45) is 11.6. The van der Waals surface area contributed by atoms with Crippen molar-refractivity contribution in [3.63, 3.8) is 0 Å². The monoisotopic (exact) mass is 253 g/mol. The van der Waals surface area contributed by atoms with Crippen LogP contribution in [-0.2, 0) is 4.74 Å². The van der Waals surface area contributed by atoms with Gasteiger partial charge in [0.2, 0.25) is 0 Å². The second kappa shape index (κ2) is 7.49. The Morgan fingerprint density at radius 3 is 2.22 bits per heavy atom. The lowest BCUT2D eigenvalue weighted by Gasteiger charge is -2.25. The fraction of sp³-hybridized carbons (Fsp3) is 1.00. The SMILES string of the molecule is CC(C)C(CNC1CC1)OCC1CCCCCC1. The molecule has 2 heteroatoms. The first-order chi connectivity index (χ1) is 8.75. The normalized spacial score (nSPS) is 24.2. The second-order valence-corrected chi connectivity index (χ2v) is 6.66. The summed E-state index contributed by atoms with van der Waals surface area (Å²) in [4.78, 5) is 0. The topological polar surface area (TPSA) is 21.3 Å². The van der Waals surface area contributed by atoms with Gasteiger partial charge in [0, 0.05) is 19.2 Å². The zero-order valence-electron chi connectivity index (χ0n) is 12.3. The Kier molecular flexibility index (Phi) is 5.97. The molecular formula is C16H31NO. The molecule has 0 bridgehead atoms. The standard InChI is InChI=1S/C16H31NO/c1-13(2)16(11-17-15-9-10-15)18-12-14-7-5-3-4-6-8-14/h13-17H,3-12H2,1-2H3. The van der Waals surface area contributed by atoms with Gasteiger partial charge in [0.15, 0.2) is 0 Å². The van der Waals surface area contributed by atoms with Crippen LogP contribution < -0.4 is 5.32 Å². The van der Waals surface area contributed by atoms with Crippen LogP contribution in [0.2, 0.25) is 0 Å². The van der Waals surface area contributed by atoms with Gasteiger partial charge in [0.25, 0.3) is 0 Å². The molecule has 0 saturated heterocycles. The van der Waals surface area contributed by atoms with Gasteiger partial charge in [-0.2, -0.15) is 0 Å². The number of hydrogen-bond donors (Lipinski definition) is 1. The molecule has 106 valence electrons. The Bertz CT molecular complexity index is 217. The van der Waals surface area contributed by atoms with E-state index in [1.54, 1.807) is 0 Å². The molecule has 1 unspecified atom stereocenters. The number of rotatable bonds is 7. The summed E-state index contributed by atoms with van der Waals surface area (Å²) in [6, 6.07) is 0.799. The number of ether oxygens (including phenoxy) is 1. The molecule has 2 saturated carbocycles. The summed E-state index contributed by atoms with van der Waals surface area (Å²) in [6.45, 7) is 6.61. The average molecular weight is 253 g/mol. The highest BCUT2D eigenvalue weighted by Crippen LogP contribution is 2.24. The Morgan fingerprint density at radius 2 is 1.67 bits per heavy atom. The van der Waals surface area contributed by atoms with Crippen molar-refractivity contribution in [2.75, 3.05) is 13.2 Å². The minimum atomic E-state index is 0.411. The van der Waals surface area contributed by atoms with Crippen molar-refractivity contribution >= 4 is 0 Å². The van der Waals surface area contributed by atoms with Crippen molar-refractivity contribution in [1.82, 2.24) is 5.32 Å². The molecule has 2 nitrogen and oxygen atoms in total. The van der Waals surface area contributed by atoms with Crippen LogP contribution in [0.25, 0.3) is 0 Å². The lowest BCUT2D eigenvalue weighted by molar-refractivity contribution is -0.0000299. The van der Waals surface area contributed by atoms with Crippen LogP contribution in [0, 0.1) is 11.8 Å². The summed E-state index contributed by atoms with van der Waals surface area (Å²) in [7, 11) is 0. The van der Waals surface area contributed by atoms with Gasteiger partial charge in [-0.3, -0.25) is 0 Å². The van der Waals surface area contributed by atoms with Gasteiger partial charge >= 0.3 is 0 Å². The van der Waals surface area contributed by atoms with Gasteiger partial charge in [-0.25, -0.2) is 0 Å². The number of hydrogen-bond acceptors (Lipinski definition) is 2. The molecule has 18 heavy (non-hydrogen) atoms. The predicted octanol–water partition coefficient (Wildman–Crippen LogP) is 3.75. The fourth-order valence-electron chi connectivity index (χ4n) is 2.85. The van der Waals surface area contributed by atoms with E-state index in [-0.39, 0.29) is 0 Å². The lowest BCUT2D eigenvalue weighted by Crippen LogP contribution is -2.35. The van der Waals surface area contributed by atoms with Gasteiger partial charge in [-0.05, 0) is 37.5 Å². The first kappa shape index (κ1) is 14.3. The minimum absolute atomic E-state index is 0.411. The van der Waals surface area contributed by atoms with E-state index in [1.165, 1.54) is 51.4 Å². The molecule has 0 aromatic rings. The maximum atomic E-state index is 6.21. The quantitative estimate of drug-likeness (QED) is 0.698. The van der Waals surface area contributed by atoms with Crippen LogP contribution in [0.3, 0.4) is 0 Å². The molecule has 0 radical (unpaired) electrons. The Labute approximate surface area is 113 Å². The zero-order chi connectivity index (χ0) is 12.8. The van der Waals surface area contributed by atoms with Crippen molar-refractivity contribution < 1.29 is 4.74 Å². The number of nitrogens with one attached hydrogen (secondary N) is 1. The predicted molar refractivity (Wildman–Crippen MR) is 76.8 cm³/mol. The highest BCUT2D eigenvalue weighted by Gasteiger charge is 2.24. The van der Waals surface area contributed by atoms with Crippen molar-refractivity contribution in [1.29, 1.82) is 0 Å². The van der Waals surface area contributed by atoms with Crippen LogP contribution in [0.4, 0.5) is 0 Å². The summed E-state index contributed by atoms with van der Waals surface area (Å²) >= 11 is 0. The molecule has 2 aliphatic rings. The summed E-state index contributed by atoms with van der Waals surface area (Å²) < 4.78 is 6.21. The van der Waals surface area contributed by atoms with Gasteiger partial charge in [0.05, 0.1) is 6.10 Å². The third-order valence-corrected chi connectivity index (χ3v) is 4.45. The summed E-state index contributed by atoms with van der Waals surface area (Å²) in [5.41, 5.74) is 0. The van der Waals surface area contributed by atoms with Crippen LogP contribution in [0.1, 0.15) is 65.2 Å².